The highest BCUT2D eigenvalue weighted by molar-refractivity contribution is 5.92. The van der Waals surface area contributed by atoms with Crippen LogP contribution in [0.5, 0.6) is 5.75 Å². The third kappa shape index (κ3) is 2.44. The molecule has 1 rings (SSSR count). The summed E-state index contributed by atoms with van der Waals surface area (Å²) in [6.07, 6.45) is -4.47. The summed E-state index contributed by atoms with van der Waals surface area (Å²) in [5.74, 6) is -0.910. The van der Waals surface area contributed by atoms with Crippen molar-refractivity contribution in [1.82, 2.24) is 0 Å². The van der Waals surface area contributed by atoms with E-state index in [0.717, 1.165) is 25.3 Å². The molecule has 0 atom stereocenters. The van der Waals surface area contributed by atoms with Gasteiger partial charge in [-0.1, -0.05) is 0 Å². The van der Waals surface area contributed by atoms with Gasteiger partial charge in [-0.3, -0.25) is 0 Å². The second-order valence-corrected chi connectivity index (χ2v) is 2.90. The number of hydrogen-bond donors (Lipinski definition) is 0. The van der Waals surface area contributed by atoms with Crippen LogP contribution in [0.1, 0.15) is 15.9 Å². The first-order valence-corrected chi connectivity index (χ1v) is 4.23. The Morgan fingerprint density at radius 1 is 1.25 bits per heavy atom. The minimum atomic E-state index is -4.47. The van der Waals surface area contributed by atoms with Gasteiger partial charge in [0.05, 0.1) is 19.8 Å². The molecule has 0 N–H and O–H groups in total. The molecule has 0 aliphatic carbocycles. The summed E-state index contributed by atoms with van der Waals surface area (Å²) >= 11 is 0. The Morgan fingerprint density at radius 2 is 1.88 bits per heavy atom. The van der Waals surface area contributed by atoms with Crippen molar-refractivity contribution in [2.45, 2.75) is 6.18 Å². The van der Waals surface area contributed by atoms with E-state index in [1.807, 2.05) is 0 Å². The number of rotatable bonds is 2. The molecular weight excluding hydrogens is 225 g/mol. The molecule has 0 aliphatic heterocycles. The summed E-state index contributed by atoms with van der Waals surface area (Å²) < 4.78 is 46.1. The minimum absolute atomic E-state index is 0.0435. The number of alkyl halides is 3. The molecule has 0 fully saturated rings. The van der Waals surface area contributed by atoms with Crippen molar-refractivity contribution in [3.63, 3.8) is 0 Å². The Bertz CT molecular complexity index is 399. The van der Waals surface area contributed by atoms with Crippen molar-refractivity contribution in [3.8, 4) is 5.75 Å². The van der Waals surface area contributed by atoms with Crippen LogP contribution in [0.25, 0.3) is 0 Å². The zero-order valence-corrected chi connectivity index (χ0v) is 8.59. The fraction of sp³-hybridized carbons (Fsp3) is 0.300. The van der Waals surface area contributed by atoms with Gasteiger partial charge in [-0.05, 0) is 18.2 Å². The maximum absolute atomic E-state index is 12.3. The third-order valence-corrected chi connectivity index (χ3v) is 1.93. The Hall–Kier alpha value is -1.72. The number of carbonyl (C=O) groups excluding carboxylic acids is 1. The van der Waals surface area contributed by atoms with E-state index in [1.54, 1.807) is 0 Å². The van der Waals surface area contributed by atoms with Crippen LogP contribution in [0.15, 0.2) is 18.2 Å². The summed E-state index contributed by atoms with van der Waals surface area (Å²) in [6.45, 7) is 0. The molecule has 3 nitrogen and oxygen atoms in total. The summed E-state index contributed by atoms with van der Waals surface area (Å²) in [5.41, 5.74) is -0.921. The van der Waals surface area contributed by atoms with Gasteiger partial charge in [0.2, 0.25) is 0 Å². The van der Waals surface area contributed by atoms with Crippen LogP contribution in [-0.2, 0) is 10.9 Å². The number of halogens is 3. The van der Waals surface area contributed by atoms with Crippen LogP contribution in [0.2, 0.25) is 0 Å². The van der Waals surface area contributed by atoms with Crippen LogP contribution in [0.4, 0.5) is 13.2 Å². The Labute approximate surface area is 89.8 Å². The first kappa shape index (κ1) is 12.4. The van der Waals surface area contributed by atoms with E-state index < -0.39 is 17.7 Å². The highest BCUT2D eigenvalue weighted by atomic mass is 19.4. The van der Waals surface area contributed by atoms with E-state index in [2.05, 4.69) is 4.74 Å². The van der Waals surface area contributed by atoms with Crippen molar-refractivity contribution in [2.75, 3.05) is 14.2 Å². The van der Waals surface area contributed by atoms with Gasteiger partial charge in [0, 0.05) is 0 Å². The second-order valence-electron chi connectivity index (χ2n) is 2.90. The Morgan fingerprint density at radius 3 is 2.31 bits per heavy atom. The van der Waals surface area contributed by atoms with Crippen LogP contribution in [-0.4, -0.2) is 20.2 Å². The zero-order valence-electron chi connectivity index (χ0n) is 8.59. The van der Waals surface area contributed by atoms with E-state index in [9.17, 15) is 18.0 Å². The lowest BCUT2D eigenvalue weighted by molar-refractivity contribution is -0.137. The van der Waals surface area contributed by atoms with Gasteiger partial charge < -0.3 is 9.47 Å². The van der Waals surface area contributed by atoms with Gasteiger partial charge in [0.15, 0.2) is 0 Å². The smallest absolute Gasteiger partial charge is 0.416 e. The monoisotopic (exact) mass is 234 g/mol. The molecule has 6 heteroatoms. The molecule has 0 radical (unpaired) electrons. The number of esters is 1. The molecule has 0 aromatic heterocycles. The lowest BCUT2D eigenvalue weighted by Gasteiger charge is -2.11. The molecule has 88 valence electrons. The first-order valence-electron chi connectivity index (χ1n) is 4.23. The normalized spacial score (nSPS) is 11.1. The molecule has 16 heavy (non-hydrogen) atoms. The van der Waals surface area contributed by atoms with E-state index in [0.29, 0.717) is 0 Å². The molecule has 0 amide bonds. The van der Waals surface area contributed by atoms with E-state index in [4.69, 9.17) is 4.74 Å². The predicted molar refractivity (Wildman–Crippen MR) is 49.3 cm³/mol. The van der Waals surface area contributed by atoms with Gasteiger partial charge in [-0.25, -0.2) is 4.79 Å². The lowest BCUT2D eigenvalue weighted by Crippen LogP contribution is -2.09. The molecule has 0 saturated carbocycles. The van der Waals surface area contributed by atoms with Gasteiger partial charge in [0.1, 0.15) is 11.3 Å². The zero-order chi connectivity index (χ0) is 12.3. The molecular formula is C10H9F3O3. The topological polar surface area (TPSA) is 35.5 Å². The third-order valence-electron chi connectivity index (χ3n) is 1.93. The van der Waals surface area contributed by atoms with E-state index >= 15 is 0 Å². The minimum Gasteiger partial charge on any atom is -0.496 e. The van der Waals surface area contributed by atoms with Crippen molar-refractivity contribution in [1.29, 1.82) is 0 Å². The highest BCUT2D eigenvalue weighted by Crippen LogP contribution is 2.33. The maximum atomic E-state index is 12.3. The Balaban J connectivity index is 3.22. The van der Waals surface area contributed by atoms with Crippen molar-refractivity contribution in [3.05, 3.63) is 29.3 Å². The van der Waals surface area contributed by atoms with Crippen molar-refractivity contribution >= 4 is 5.97 Å². The second kappa shape index (κ2) is 4.42. The molecule has 0 saturated heterocycles. The summed E-state index contributed by atoms with van der Waals surface area (Å²) in [7, 11) is 2.32. The van der Waals surface area contributed by atoms with Crippen LogP contribution in [0, 0.1) is 0 Å². The number of benzene rings is 1. The Kier molecular flexibility index (Phi) is 3.41. The largest absolute Gasteiger partial charge is 0.496 e. The molecule has 1 aromatic rings. The maximum Gasteiger partial charge on any atom is 0.416 e. The van der Waals surface area contributed by atoms with E-state index in [-0.39, 0.29) is 11.3 Å². The standard InChI is InChI=1S/C10H9F3O3/c1-15-8-5-6(10(11,12)13)3-4-7(8)9(14)16-2/h3-5H,1-2H3. The van der Waals surface area contributed by atoms with E-state index in [1.165, 1.54) is 7.11 Å². The molecule has 0 aliphatic rings. The first-order chi connectivity index (χ1) is 7.40. The van der Waals surface area contributed by atoms with Crippen LogP contribution >= 0.6 is 0 Å². The van der Waals surface area contributed by atoms with Crippen molar-refractivity contribution in [2.24, 2.45) is 0 Å². The molecule has 1 aromatic carbocycles. The average Bonchev–Trinajstić information content (AvgIpc) is 2.26. The number of hydrogen-bond acceptors (Lipinski definition) is 3. The van der Waals surface area contributed by atoms with Crippen LogP contribution < -0.4 is 4.74 Å². The molecule has 0 spiro atoms. The van der Waals surface area contributed by atoms with Crippen LogP contribution in [0.3, 0.4) is 0 Å². The van der Waals surface area contributed by atoms with Gasteiger partial charge in [-0.2, -0.15) is 13.2 Å². The highest BCUT2D eigenvalue weighted by Gasteiger charge is 2.31. The lowest BCUT2D eigenvalue weighted by atomic mass is 10.1. The number of methoxy groups -OCH3 is 2. The van der Waals surface area contributed by atoms with Gasteiger partial charge >= 0.3 is 12.1 Å². The summed E-state index contributed by atoms with van der Waals surface area (Å²) in [5, 5.41) is 0. The molecule has 0 bridgehead atoms. The quantitative estimate of drug-likeness (QED) is 0.737. The van der Waals surface area contributed by atoms with Gasteiger partial charge in [-0.15, -0.1) is 0 Å². The predicted octanol–water partition coefficient (Wildman–Crippen LogP) is 2.50. The number of carbonyl (C=O) groups is 1. The molecule has 0 unspecified atom stereocenters. The fourth-order valence-corrected chi connectivity index (χ4v) is 1.15. The summed E-state index contributed by atoms with van der Waals surface area (Å²) in [6, 6.07) is 2.58. The molecule has 0 heterocycles. The fourth-order valence-electron chi connectivity index (χ4n) is 1.15. The van der Waals surface area contributed by atoms with Crippen molar-refractivity contribution < 1.29 is 27.4 Å². The SMILES string of the molecule is COC(=O)c1ccc(C(F)(F)F)cc1OC. The average molecular weight is 234 g/mol. The number of ether oxygens (including phenoxy) is 2. The van der Waals surface area contributed by atoms with Gasteiger partial charge in [0.25, 0.3) is 0 Å². The summed E-state index contributed by atoms with van der Waals surface area (Å²) in [4.78, 5) is 11.2.